The van der Waals surface area contributed by atoms with Crippen molar-refractivity contribution in [3.8, 4) is 0 Å². The lowest BCUT2D eigenvalue weighted by Crippen LogP contribution is -2.21. The number of halogens is 2. The van der Waals surface area contributed by atoms with Crippen LogP contribution in [-0.2, 0) is 6.54 Å². The largest absolute Gasteiger partial charge is 0.387 e. The quantitative estimate of drug-likeness (QED) is 0.864. The Balaban J connectivity index is 1.84. The summed E-state index contributed by atoms with van der Waals surface area (Å²) in [5, 5.41) is 14.0. The molecular weight excluding hydrogens is 326 g/mol. The van der Waals surface area contributed by atoms with Gasteiger partial charge in [0.1, 0.15) is 0 Å². The second-order valence-corrected chi connectivity index (χ2v) is 5.68. The number of nitrogens with one attached hydrogen (secondary N) is 1. The number of aliphatic hydroxyl groups is 1. The van der Waals surface area contributed by atoms with Gasteiger partial charge in [-0.2, -0.15) is 0 Å². The molecule has 0 amide bonds. The second-order valence-electron chi connectivity index (χ2n) is 4.33. The van der Waals surface area contributed by atoms with E-state index < -0.39 is 6.10 Å². The van der Waals surface area contributed by atoms with Crippen molar-refractivity contribution in [2.24, 2.45) is 0 Å². The van der Waals surface area contributed by atoms with Crippen molar-refractivity contribution in [3.63, 3.8) is 0 Å². The molecule has 0 spiro atoms. The van der Waals surface area contributed by atoms with Gasteiger partial charge in [-0.15, -0.1) is 0 Å². The number of aliphatic hydroxyl groups excluding tert-OH is 1. The Bertz CT molecular complexity index is 530. The van der Waals surface area contributed by atoms with Crippen LogP contribution in [0.25, 0.3) is 0 Å². The first-order chi connectivity index (χ1) is 9.15. The van der Waals surface area contributed by atoms with Crippen molar-refractivity contribution < 1.29 is 5.11 Å². The summed E-state index contributed by atoms with van der Waals surface area (Å²) in [6, 6.07) is 15.4. The topological polar surface area (TPSA) is 32.3 Å². The Kier molecular flexibility index (Phi) is 5.40. The smallest absolute Gasteiger partial charge is 0.0914 e. The van der Waals surface area contributed by atoms with Crippen LogP contribution in [-0.4, -0.2) is 11.7 Å². The number of benzene rings is 2. The van der Waals surface area contributed by atoms with Gasteiger partial charge in [-0.1, -0.05) is 51.8 Å². The van der Waals surface area contributed by atoms with Gasteiger partial charge in [0, 0.05) is 22.6 Å². The summed E-state index contributed by atoms with van der Waals surface area (Å²) in [5.74, 6) is 0. The zero-order chi connectivity index (χ0) is 13.7. The third-order valence-electron chi connectivity index (χ3n) is 2.81. The van der Waals surface area contributed by atoms with Crippen LogP contribution in [0.1, 0.15) is 17.2 Å². The van der Waals surface area contributed by atoms with Gasteiger partial charge >= 0.3 is 0 Å². The third kappa shape index (κ3) is 4.62. The monoisotopic (exact) mass is 339 g/mol. The summed E-state index contributed by atoms with van der Waals surface area (Å²) in [6.45, 7) is 1.22. The van der Waals surface area contributed by atoms with Crippen LogP contribution in [0, 0.1) is 0 Å². The molecule has 0 bridgehead atoms. The minimum absolute atomic E-state index is 0.509. The van der Waals surface area contributed by atoms with Crippen LogP contribution < -0.4 is 5.32 Å². The maximum atomic E-state index is 10.1. The fourth-order valence-electron chi connectivity index (χ4n) is 1.79. The molecule has 0 saturated carbocycles. The normalized spacial score (nSPS) is 12.4. The van der Waals surface area contributed by atoms with E-state index in [-0.39, 0.29) is 0 Å². The minimum atomic E-state index is -0.509. The lowest BCUT2D eigenvalue weighted by molar-refractivity contribution is 0.174. The summed E-state index contributed by atoms with van der Waals surface area (Å²) >= 11 is 9.22. The zero-order valence-corrected chi connectivity index (χ0v) is 12.7. The average Bonchev–Trinajstić information content (AvgIpc) is 2.41. The average molecular weight is 341 g/mol. The molecule has 2 rings (SSSR count). The molecule has 0 aliphatic heterocycles. The van der Waals surface area contributed by atoms with Gasteiger partial charge < -0.3 is 10.4 Å². The first-order valence-corrected chi connectivity index (χ1v) is 7.21. The fraction of sp³-hybridized carbons (Fsp3) is 0.200. The Morgan fingerprint density at radius 2 is 1.89 bits per heavy atom. The molecule has 100 valence electrons. The second kappa shape index (κ2) is 7.06. The van der Waals surface area contributed by atoms with Crippen molar-refractivity contribution in [3.05, 3.63) is 69.2 Å². The van der Waals surface area contributed by atoms with Gasteiger partial charge in [0.2, 0.25) is 0 Å². The Morgan fingerprint density at radius 1 is 1.16 bits per heavy atom. The molecule has 19 heavy (non-hydrogen) atoms. The van der Waals surface area contributed by atoms with Gasteiger partial charge in [-0.05, 0) is 35.4 Å². The van der Waals surface area contributed by atoms with E-state index in [2.05, 4.69) is 21.2 Å². The maximum Gasteiger partial charge on any atom is 0.0914 e. The van der Waals surface area contributed by atoms with Crippen molar-refractivity contribution in [1.29, 1.82) is 0 Å². The van der Waals surface area contributed by atoms with E-state index in [0.717, 1.165) is 20.6 Å². The van der Waals surface area contributed by atoms with E-state index in [9.17, 15) is 5.11 Å². The van der Waals surface area contributed by atoms with E-state index >= 15 is 0 Å². The van der Waals surface area contributed by atoms with E-state index in [1.807, 2.05) is 48.5 Å². The molecule has 0 aromatic heterocycles. The predicted octanol–water partition coefficient (Wildman–Crippen LogP) is 3.93. The molecule has 2 aromatic carbocycles. The molecule has 0 saturated heterocycles. The molecule has 0 fully saturated rings. The van der Waals surface area contributed by atoms with E-state index in [4.69, 9.17) is 11.6 Å². The Labute approximate surface area is 126 Å². The minimum Gasteiger partial charge on any atom is -0.387 e. The molecule has 2 N–H and O–H groups in total. The van der Waals surface area contributed by atoms with Crippen LogP contribution in [0.15, 0.2) is 53.0 Å². The number of rotatable bonds is 5. The number of hydrogen-bond acceptors (Lipinski definition) is 2. The van der Waals surface area contributed by atoms with Gasteiger partial charge in [-0.3, -0.25) is 0 Å². The van der Waals surface area contributed by atoms with E-state index in [1.54, 1.807) is 0 Å². The highest BCUT2D eigenvalue weighted by atomic mass is 79.9. The van der Waals surface area contributed by atoms with Gasteiger partial charge in [0.05, 0.1) is 6.10 Å². The Morgan fingerprint density at radius 3 is 2.58 bits per heavy atom. The van der Waals surface area contributed by atoms with Gasteiger partial charge in [0.15, 0.2) is 0 Å². The van der Waals surface area contributed by atoms with Crippen molar-refractivity contribution in [2.75, 3.05) is 6.54 Å². The molecule has 1 unspecified atom stereocenters. The van der Waals surface area contributed by atoms with Crippen molar-refractivity contribution in [2.45, 2.75) is 12.6 Å². The van der Waals surface area contributed by atoms with Crippen molar-refractivity contribution in [1.82, 2.24) is 5.32 Å². The zero-order valence-electron chi connectivity index (χ0n) is 10.3. The van der Waals surface area contributed by atoms with Crippen LogP contribution in [0.3, 0.4) is 0 Å². The van der Waals surface area contributed by atoms with E-state index in [1.165, 1.54) is 0 Å². The van der Waals surface area contributed by atoms with Crippen LogP contribution in [0.5, 0.6) is 0 Å². The summed E-state index contributed by atoms with van der Waals surface area (Å²) < 4.78 is 0.974. The summed E-state index contributed by atoms with van der Waals surface area (Å²) in [5.41, 5.74) is 2.05. The molecule has 4 heteroatoms. The first-order valence-electron chi connectivity index (χ1n) is 6.04. The summed E-state index contributed by atoms with van der Waals surface area (Å²) in [4.78, 5) is 0. The third-order valence-corrected chi connectivity index (χ3v) is 3.56. The highest BCUT2D eigenvalue weighted by Crippen LogP contribution is 2.17. The molecule has 2 aromatic rings. The van der Waals surface area contributed by atoms with Crippen molar-refractivity contribution >= 4 is 27.5 Å². The molecule has 0 radical (unpaired) electrons. The molecule has 2 nitrogen and oxygen atoms in total. The molecule has 0 aliphatic carbocycles. The molecular formula is C15H15BrClNO. The molecule has 0 heterocycles. The highest BCUT2D eigenvalue weighted by Gasteiger charge is 2.07. The van der Waals surface area contributed by atoms with Crippen LogP contribution >= 0.6 is 27.5 Å². The van der Waals surface area contributed by atoms with Gasteiger partial charge in [-0.25, -0.2) is 0 Å². The van der Waals surface area contributed by atoms with Crippen LogP contribution in [0.2, 0.25) is 5.02 Å². The fourth-order valence-corrected chi connectivity index (χ4v) is 2.33. The van der Waals surface area contributed by atoms with Gasteiger partial charge in [0.25, 0.3) is 0 Å². The van der Waals surface area contributed by atoms with Crippen LogP contribution in [0.4, 0.5) is 0 Å². The Hall–Kier alpha value is -0.870. The summed E-state index contributed by atoms with van der Waals surface area (Å²) in [6.07, 6.45) is -0.509. The molecule has 0 aliphatic rings. The lowest BCUT2D eigenvalue weighted by Gasteiger charge is -2.12. The van der Waals surface area contributed by atoms with E-state index in [0.29, 0.717) is 13.1 Å². The first kappa shape index (κ1) is 14.5. The highest BCUT2D eigenvalue weighted by molar-refractivity contribution is 9.10. The standard InChI is InChI=1S/C15H15BrClNO/c16-13-3-1-2-12(8-13)15(19)10-18-9-11-4-6-14(17)7-5-11/h1-8,15,18-19H,9-10H2. The molecule has 1 atom stereocenters. The lowest BCUT2D eigenvalue weighted by atomic mass is 10.1. The number of hydrogen-bond donors (Lipinski definition) is 2. The SMILES string of the molecule is OC(CNCc1ccc(Cl)cc1)c1cccc(Br)c1. The maximum absolute atomic E-state index is 10.1. The summed E-state index contributed by atoms with van der Waals surface area (Å²) in [7, 11) is 0. The predicted molar refractivity (Wildman–Crippen MR) is 82.3 cm³/mol.